The molecule has 7 nitrogen and oxygen atoms in total. The molecular weight excluding hydrogens is 426 g/mol. The van der Waals surface area contributed by atoms with E-state index in [0.717, 1.165) is 36.9 Å². The molecule has 0 bridgehead atoms. The quantitative estimate of drug-likeness (QED) is 0.525. The minimum Gasteiger partial charge on any atom is -0.314 e. The molecule has 1 saturated carbocycles. The molecular formula is C27H31N5O2. The molecule has 0 unspecified atom stereocenters. The van der Waals surface area contributed by atoms with Crippen molar-refractivity contribution in [2.45, 2.75) is 63.6 Å². The molecule has 1 N–H and O–H groups in total. The Morgan fingerprint density at radius 3 is 2.53 bits per heavy atom. The predicted molar refractivity (Wildman–Crippen MR) is 132 cm³/mol. The van der Waals surface area contributed by atoms with Crippen molar-refractivity contribution < 1.29 is 0 Å². The molecule has 4 rings (SSSR count). The van der Waals surface area contributed by atoms with Gasteiger partial charge in [0.05, 0.1) is 23.7 Å². The molecule has 0 radical (unpaired) electrons. The van der Waals surface area contributed by atoms with E-state index in [0.29, 0.717) is 37.7 Å². The number of nitrogens with one attached hydrogen (secondary N) is 1. The number of aryl methyl sites for hydroxylation is 1. The van der Waals surface area contributed by atoms with Gasteiger partial charge in [-0.2, -0.15) is 5.26 Å². The summed E-state index contributed by atoms with van der Waals surface area (Å²) in [7, 11) is 0. The zero-order chi connectivity index (χ0) is 24.0. The summed E-state index contributed by atoms with van der Waals surface area (Å²) in [4.78, 5) is 30.0. The molecule has 1 fully saturated rings. The summed E-state index contributed by atoms with van der Waals surface area (Å²) in [6.45, 7) is 3.29. The lowest BCUT2D eigenvalue weighted by atomic mass is 9.71. The van der Waals surface area contributed by atoms with E-state index in [2.05, 4.69) is 16.4 Å². The first-order valence-electron chi connectivity index (χ1n) is 11.9. The average molecular weight is 458 g/mol. The Bertz CT molecular complexity index is 1250. The largest absolute Gasteiger partial charge is 0.331 e. The number of benzene rings is 1. The lowest BCUT2D eigenvalue weighted by Gasteiger charge is -2.35. The second-order valence-electron chi connectivity index (χ2n) is 9.16. The van der Waals surface area contributed by atoms with Crippen molar-refractivity contribution in [2.24, 2.45) is 0 Å². The van der Waals surface area contributed by atoms with Gasteiger partial charge in [0.1, 0.15) is 0 Å². The molecule has 34 heavy (non-hydrogen) atoms. The molecule has 176 valence electrons. The van der Waals surface area contributed by atoms with E-state index >= 15 is 0 Å². The van der Waals surface area contributed by atoms with Crippen LogP contribution in [0.3, 0.4) is 0 Å². The van der Waals surface area contributed by atoms with Crippen molar-refractivity contribution in [1.29, 1.82) is 5.26 Å². The van der Waals surface area contributed by atoms with Crippen LogP contribution in [0.1, 0.15) is 48.9 Å². The van der Waals surface area contributed by atoms with E-state index in [4.69, 9.17) is 0 Å². The van der Waals surface area contributed by atoms with Crippen LogP contribution >= 0.6 is 0 Å². The van der Waals surface area contributed by atoms with Gasteiger partial charge in [-0.05, 0) is 63.3 Å². The van der Waals surface area contributed by atoms with Gasteiger partial charge in [-0.15, -0.1) is 0 Å². The molecule has 3 aromatic rings. The van der Waals surface area contributed by atoms with Crippen LogP contribution in [0.15, 0.2) is 70.5 Å². The number of nitriles is 1. The molecule has 0 saturated heterocycles. The number of hydrogen-bond acceptors (Lipinski definition) is 5. The van der Waals surface area contributed by atoms with Crippen LogP contribution in [0.5, 0.6) is 0 Å². The number of pyridine rings is 1. The highest BCUT2D eigenvalue weighted by Gasteiger charge is 2.38. The van der Waals surface area contributed by atoms with E-state index in [9.17, 15) is 14.9 Å². The number of aromatic nitrogens is 3. The Kier molecular flexibility index (Phi) is 7.39. The smallest absolute Gasteiger partial charge is 0.314 e. The van der Waals surface area contributed by atoms with Gasteiger partial charge in [0, 0.05) is 30.5 Å². The third kappa shape index (κ3) is 5.18. The van der Waals surface area contributed by atoms with Crippen LogP contribution in [0, 0.1) is 18.3 Å². The zero-order valence-electron chi connectivity index (χ0n) is 19.6. The minimum absolute atomic E-state index is 0.221. The Balaban J connectivity index is 1.33. The summed E-state index contributed by atoms with van der Waals surface area (Å²) < 4.78 is 2.96. The van der Waals surface area contributed by atoms with E-state index in [1.54, 1.807) is 23.9 Å². The van der Waals surface area contributed by atoms with E-state index in [1.807, 2.05) is 48.5 Å². The maximum absolute atomic E-state index is 13.0. The first-order valence-corrected chi connectivity index (χ1v) is 11.9. The molecule has 2 aromatic heterocycles. The second-order valence-corrected chi connectivity index (χ2v) is 9.16. The van der Waals surface area contributed by atoms with E-state index < -0.39 is 5.41 Å². The lowest BCUT2D eigenvalue weighted by molar-refractivity contribution is 0.289. The summed E-state index contributed by atoms with van der Waals surface area (Å²) >= 11 is 0. The standard InChI is InChI=1S/C27H31N5O2/c1-21-18-31(19-22-8-3-2-4-9-22)26(34)32(25(21)33)17-7-16-29-23-11-13-27(20-28,14-12-23)24-10-5-6-15-30-24/h2-6,8-10,15,18,23,29H,7,11-14,16-17,19H2,1H3/t23-,27-. The van der Waals surface area contributed by atoms with Crippen molar-refractivity contribution in [3.63, 3.8) is 0 Å². The van der Waals surface area contributed by atoms with Gasteiger partial charge in [0.2, 0.25) is 0 Å². The summed E-state index contributed by atoms with van der Waals surface area (Å²) in [5, 5.41) is 13.4. The SMILES string of the molecule is Cc1cn(Cc2ccccc2)c(=O)n(CCCN[C@H]2CC[C@](C#N)(c3ccccn3)CC2)c1=O. The van der Waals surface area contributed by atoms with Gasteiger partial charge in [0.15, 0.2) is 0 Å². The lowest BCUT2D eigenvalue weighted by Crippen LogP contribution is -2.42. The topological polar surface area (TPSA) is 92.7 Å². The Morgan fingerprint density at radius 1 is 1.12 bits per heavy atom. The molecule has 1 aromatic carbocycles. The fourth-order valence-corrected chi connectivity index (χ4v) is 4.82. The number of rotatable bonds is 8. The van der Waals surface area contributed by atoms with Gasteiger partial charge < -0.3 is 5.32 Å². The van der Waals surface area contributed by atoms with E-state index in [-0.39, 0.29) is 11.2 Å². The number of nitrogens with zero attached hydrogens (tertiary/aromatic N) is 4. The van der Waals surface area contributed by atoms with Gasteiger partial charge >= 0.3 is 5.69 Å². The maximum atomic E-state index is 13.0. The van der Waals surface area contributed by atoms with Crippen molar-refractivity contribution in [3.8, 4) is 6.07 Å². The van der Waals surface area contributed by atoms with Crippen LogP contribution in [-0.2, 0) is 18.5 Å². The van der Waals surface area contributed by atoms with Crippen molar-refractivity contribution in [3.05, 3.63) is 98.6 Å². The Labute approximate surface area is 199 Å². The average Bonchev–Trinajstić information content (AvgIpc) is 2.88. The van der Waals surface area contributed by atoms with Crippen LogP contribution in [0.25, 0.3) is 0 Å². The van der Waals surface area contributed by atoms with Crippen LogP contribution in [-0.4, -0.2) is 26.7 Å². The molecule has 2 heterocycles. The fraction of sp³-hybridized carbons (Fsp3) is 0.407. The molecule has 0 atom stereocenters. The van der Waals surface area contributed by atoms with E-state index in [1.165, 1.54) is 4.57 Å². The third-order valence-electron chi connectivity index (χ3n) is 6.80. The highest BCUT2D eigenvalue weighted by atomic mass is 16.2. The number of hydrogen-bond donors (Lipinski definition) is 1. The van der Waals surface area contributed by atoms with Gasteiger partial charge in [-0.25, -0.2) is 4.79 Å². The zero-order valence-corrected chi connectivity index (χ0v) is 19.6. The van der Waals surface area contributed by atoms with Gasteiger partial charge in [-0.1, -0.05) is 36.4 Å². The third-order valence-corrected chi connectivity index (χ3v) is 6.80. The van der Waals surface area contributed by atoms with Crippen LogP contribution in [0.4, 0.5) is 0 Å². The summed E-state index contributed by atoms with van der Waals surface area (Å²) in [6, 6.07) is 18.4. The van der Waals surface area contributed by atoms with Gasteiger partial charge in [-0.3, -0.25) is 18.9 Å². The normalized spacial score (nSPS) is 20.1. The summed E-state index contributed by atoms with van der Waals surface area (Å²) in [6.07, 6.45) is 7.44. The highest BCUT2D eigenvalue weighted by Crippen LogP contribution is 2.37. The van der Waals surface area contributed by atoms with Crippen LogP contribution < -0.4 is 16.6 Å². The molecule has 0 amide bonds. The van der Waals surface area contributed by atoms with Crippen molar-refractivity contribution in [1.82, 2.24) is 19.4 Å². The summed E-state index contributed by atoms with van der Waals surface area (Å²) in [5.74, 6) is 0. The Morgan fingerprint density at radius 2 is 1.85 bits per heavy atom. The van der Waals surface area contributed by atoms with Crippen LogP contribution in [0.2, 0.25) is 0 Å². The predicted octanol–water partition coefficient (Wildman–Crippen LogP) is 3.15. The van der Waals surface area contributed by atoms with Crippen molar-refractivity contribution >= 4 is 0 Å². The molecule has 0 aliphatic heterocycles. The minimum atomic E-state index is -0.502. The second kappa shape index (κ2) is 10.6. The fourth-order valence-electron chi connectivity index (χ4n) is 4.82. The maximum Gasteiger partial charge on any atom is 0.331 e. The molecule has 1 aliphatic rings. The molecule has 7 heteroatoms. The first kappa shape index (κ1) is 23.7. The van der Waals surface area contributed by atoms with Crippen molar-refractivity contribution in [2.75, 3.05) is 6.54 Å². The summed E-state index contributed by atoms with van der Waals surface area (Å²) in [5.41, 5.74) is 1.46. The highest BCUT2D eigenvalue weighted by molar-refractivity contribution is 5.27. The monoisotopic (exact) mass is 457 g/mol. The molecule has 0 spiro atoms. The first-order chi connectivity index (χ1) is 16.5. The van der Waals surface area contributed by atoms with Gasteiger partial charge in [0.25, 0.3) is 5.56 Å². The molecule has 1 aliphatic carbocycles. The Hall–Kier alpha value is -3.50.